The van der Waals surface area contributed by atoms with E-state index in [0.29, 0.717) is 0 Å². The van der Waals surface area contributed by atoms with E-state index in [2.05, 4.69) is 12.2 Å². The van der Waals surface area contributed by atoms with Gasteiger partial charge in [-0.1, -0.05) is 29.7 Å². The largest absolute Gasteiger partial charge is 0.327 e. The van der Waals surface area contributed by atoms with Gasteiger partial charge in [-0.25, -0.2) is 0 Å². The maximum atomic E-state index is 5.63. The third kappa shape index (κ3) is 1.46. The highest BCUT2D eigenvalue weighted by atomic mass is 14.5. The molecule has 0 spiro atoms. The molecule has 1 nitrogen and oxygen atoms in total. The van der Waals surface area contributed by atoms with Crippen LogP contribution in [0.4, 0.5) is 0 Å². The van der Waals surface area contributed by atoms with Gasteiger partial charge in [-0.15, -0.1) is 0 Å². The molecule has 2 N–H and O–H groups in total. The van der Waals surface area contributed by atoms with Gasteiger partial charge in [-0.05, 0) is 31.6 Å². The Bertz CT molecular complexity index is 225. The smallest absolute Gasteiger partial charge is 0.0140 e. The van der Waals surface area contributed by atoms with E-state index in [-0.39, 0.29) is 0 Å². The van der Waals surface area contributed by atoms with Crippen LogP contribution < -0.4 is 5.73 Å². The quantitative estimate of drug-likeness (QED) is 0.631. The van der Waals surface area contributed by atoms with E-state index < -0.39 is 0 Å². The summed E-state index contributed by atoms with van der Waals surface area (Å²) in [5.74, 6) is 0.849. The second-order valence-electron chi connectivity index (χ2n) is 3.92. The van der Waals surface area contributed by atoms with E-state index in [4.69, 9.17) is 5.73 Å². The van der Waals surface area contributed by atoms with E-state index in [1.165, 1.54) is 37.7 Å². The molecular weight excluding hydrogens is 146 g/mol. The maximum Gasteiger partial charge on any atom is 0.0140 e. The molecule has 0 amide bonds. The van der Waals surface area contributed by atoms with E-state index in [1.807, 2.05) is 0 Å². The van der Waals surface area contributed by atoms with Crippen molar-refractivity contribution < 1.29 is 0 Å². The van der Waals surface area contributed by atoms with Gasteiger partial charge < -0.3 is 5.73 Å². The van der Waals surface area contributed by atoms with Crippen molar-refractivity contribution in [2.24, 2.45) is 11.7 Å². The van der Waals surface area contributed by atoms with Gasteiger partial charge in [0.25, 0.3) is 0 Å². The van der Waals surface area contributed by atoms with Crippen molar-refractivity contribution in [3.8, 4) is 0 Å². The lowest BCUT2D eigenvalue weighted by atomic mass is 9.77. The molecule has 0 aromatic carbocycles. The molecular formula is C11H17N. The molecule has 0 radical (unpaired) electrons. The molecule has 2 rings (SSSR count). The standard InChI is InChI=1S/C11H17N/c12-8-9-5-6-10-3-1-2-4-11(10)7-9/h5-6,11H,1-4,7-8,12H2. The Morgan fingerprint density at radius 3 is 3.08 bits per heavy atom. The van der Waals surface area contributed by atoms with Gasteiger partial charge in [-0.3, -0.25) is 0 Å². The van der Waals surface area contributed by atoms with Crippen LogP contribution in [-0.4, -0.2) is 6.54 Å². The average Bonchev–Trinajstić information content (AvgIpc) is 2.17. The number of fused-ring (bicyclic) bond motifs is 1. The lowest BCUT2D eigenvalue weighted by Gasteiger charge is -2.28. The van der Waals surface area contributed by atoms with Gasteiger partial charge in [0.1, 0.15) is 0 Å². The highest BCUT2D eigenvalue weighted by molar-refractivity contribution is 5.28. The summed E-state index contributed by atoms with van der Waals surface area (Å²) in [6.07, 6.45) is 11.3. The highest BCUT2D eigenvalue weighted by Crippen LogP contribution is 2.36. The average molecular weight is 163 g/mol. The normalized spacial score (nSPS) is 28.9. The molecule has 2 aliphatic carbocycles. The Morgan fingerprint density at radius 2 is 2.25 bits per heavy atom. The molecule has 1 unspecified atom stereocenters. The first kappa shape index (κ1) is 8.06. The predicted molar refractivity (Wildman–Crippen MR) is 51.8 cm³/mol. The summed E-state index contributed by atoms with van der Waals surface area (Å²) in [6, 6.07) is 0. The zero-order valence-corrected chi connectivity index (χ0v) is 7.55. The zero-order chi connectivity index (χ0) is 8.39. The fourth-order valence-electron chi connectivity index (χ4n) is 2.32. The Balaban J connectivity index is 2.12. The number of hydrogen-bond donors (Lipinski definition) is 1. The third-order valence-electron chi connectivity index (χ3n) is 3.10. The fourth-order valence-corrected chi connectivity index (χ4v) is 2.32. The van der Waals surface area contributed by atoms with Gasteiger partial charge in [0.05, 0.1) is 0 Å². The molecule has 2 aliphatic rings. The van der Waals surface area contributed by atoms with Crippen molar-refractivity contribution in [1.82, 2.24) is 0 Å². The molecule has 1 atom stereocenters. The van der Waals surface area contributed by atoms with Gasteiger partial charge in [-0.2, -0.15) is 0 Å². The molecule has 66 valence electrons. The Labute approximate surface area is 74.3 Å². The van der Waals surface area contributed by atoms with Crippen LogP contribution in [0.3, 0.4) is 0 Å². The number of hydrogen-bond acceptors (Lipinski definition) is 1. The second kappa shape index (κ2) is 3.44. The van der Waals surface area contributed by atoms with Crippen LogP contribution >= 0.6 is 0 Å². The molecule has 1 saturated carbocycles. The molecule has 0 bridgehead atoms. The summed E-state index contributed by atoms with van der Waals surface area (Å²) in [5, 5.41) is 0. The van der Waals surface area contributed by atoms with Gasteiger partial charge in [0, 0.05) is 6.54 Å². The lowest BCUT2D eigenvalue weighted by molar-refractivity contribution is 0.444. The van der Waals surface area contributed by atoms with E-state index in [9.17, 15) is 0 Å². The predicted octanol–water partition coefficient (Wildman–Crippen LogP) is 2.39. The summed E-state index contributed by atoms with van der Waals surface area (Å²) >= 11 is 0. The minimum Gasteiger partial charge on any atom is -0.327 e. The summed E-state index contributed by atoms with van der Waals surface area (Å²) in [7, 11) is 0. The summed E-state index contributed by atoms with van der Waals surface area (Å²) in [4.78, 5) is 0. The van der Waals surface area contributed by atoms with Crippen molar-refractivity contribution in [3.05, 3.63) is 23.3 Å². The SMILES string of the molecule is NCC1=CC=C2CCCCC2C1. The van der Waals surface area contributed by atoms with E-state index in [0.717, 1.165) is 12.5 Å². The van der Waals surface area contributed by atoms with Gasteiger partial charge in [0.2, 0.25) is 0 Å². The Hall–Kier alpha value is -0.560. The Kier molecular flexibility index (Phi) is 2.31. The number of rotatable bonds is 1. The summed E-state index contributed by atoms with van der Waals surface area (Å²) < 4.78 is 0. The maximum absolute atomic E-state index is 5.63. The number of nitrogens with two attached hydrogens (primary N) is 1. The van der Waals surface area contributed by atoms with Crippen molar-refractivity contribution in [2.75, 3.05) is 6.54 Å². The fraction of sp³-hybridized carbons (Fsp3) is 0.636. The van der Waals surface area contributed by atoms with Crippen molar-refractivity contribution >= 4 is 0 Å². The molecule has 0 heterocycles. The minimum atomic E-state index is 0.750. The monoisotopic (exact) mass is 163 g/mol. The van der Waals surface area contributed by atoms with Crippen molar-refractivity contribution in [2.45, 2.75) is 32.1 Å². The first-order valence-corrected chi connectivity index (χ1v) is 4.98. The summed E-state index contributed by atoms with van der Waals surface area (Å²) in [6.45, 7) is 0.750. The third-order valence-corrected chi connectivity index (χ3v) is 3.10. The van der Waals surface area contributed by atoms with Gasteiger partial charge in [0.15, 0.2) is 0 Å². The molecule has 12 heavy (non-hydrogen) atoms. The van der Waals surface area contributed by atoms with Crippen LogP contribution in [0.15, 0.2) is 23.3 Å². The molecule has 1 heteroatoms. The lowest BCUT2D eigenvalue weighted by Crippen LogP contribution is -2.16. The molecule has 0 aromatic rings. The Morgan fingerprint density at radius 1 is 1.33 bits per heavy atom. The van der Waals surface area contributed by atoms with Crippen LogP contribution in [0.1, 0.15) is 32.1 Å². The molecule has 0 saturated heterocycles. The van der Waals surface area contributed by atoms with Crippen LogP contribution in [0, 0.1) is 5.92 Å². The van der Waals surface area contributed by atoms with Crippen LogP contribution in [0.5, 0.6) is 0 Å². The van der Waals surface area contributed by atoms with E-state index >= 15 is 0 Å². The summed E-state index contributed by atoms with van der Waals surface area (Å²) in [5.41, 5.74) is 8.74. The highest BCUT2D eigenvalue weighted by Gasteiger charge is 2.21. The minimum absolute atomic E-state index is 0.750. The second-order valence-corrected chi connectivity index (χ2v) is 3.92. The van der Waals surface area contributed by atoms with E-state index in [1.54, 1.807) is 5.57 Å². The van der Waals surface area contributed by atoms with Gasteiger partial charge >= 0.3 is 0 Å². The van der Waals surface area contributed by atoms with Crippen LogP contribution in [0.25, 0.3) is 0 Å². The first-order chi connectivity index (χ1) is 5.90. The van der Waals surface area contributed by atoms with Crippen molar-refractivity contribution in [1.29, 1.82) is 0 Å². The van der Waals surface area contributed by atoms with Crippen LogP contribution in [-0.2, 0) is 0 Å². The number of allylic oxidation sites excluding steroid dienone is 3. The van der Waals surface area contributed by atoms with Crippen molar-refractivity contribution in [3.63, 3.8) is 0 Å². The topological polar surface area (TPSA) is 26.0 Å². The molecule has 0 aromatic heterocycles. The van der Waals surface area contributed by atoms with Crippen LogP contribution in [0.2, 0.25) is 0 Å². The first-order valence-electron chi connectivity index (χ1n) is 4.98. The zero-order valence-electron chi connectivity index (χ0n) is 7.55. The molecule has 1 fully saturated rings. The molecule has 0 aliphatic heterocycles.